The van der Waals surface area contributed by atoms with Crippen LogP contribution in [0.3, 0.4) is 0 Å². The predicted octanol–water partition coefficient (Wildman–Crippen LogP) is 1.86. The third kappa shape index (κ3) is 2.13. The number of imidazole rings is 1. The Morgan fingerprint density at radius 3 is 2.75 bits per heavy atom. The molecule has 0 N–H and O–H groups in total. The number of nitrogens with zero attached hydrogens (tertiary/aromatic N) is 5. The highest BCUT2D eigenvalue weighted by molar-refractivity contribution is 4.99. The van der Waals surface area contributed by atoms with Gasteiger partial charge in [0.05, 0.1) is 12.6 Å². The average Bonchev–Trinajstić information content (AvgIpc) is 2.86. The predicted molar refractivity (Wildman–Crippen MR) is 61.0 cm³/mol. The molecule has 2 aromatic rings. The molecule has 86 valence electrons. The summed E-state index contributed by atoms with van der Waals surface area (Å²) in [6.07, 6.45) is 7.18. The fraction of sp³-hybridized carbons (Fsp3) is 0.545. The topological polar surface area (TPSA) is 48.5 Å². The van der Waals surface area contributed by atoms with E-state index in [0.29, 0.717) is 12.0 Å². The molecule has 0 radical (unpaired) electrons. The summed E-state index contributed by atoms with van der Waals surface area (Å²) in [5, 5.41) is 4.11. The van der Waals surface area contributed by atoms with E-state index in [4.69, 9.17) is 0 Å². The molecule has 0 amide bonds. The van der Waals surface area contributed by atoms with Gasteiger partial charge >= 0.3 is 0 Å². The van der Waals surface area contributed by atoms with Crippen molar-refractivity contribution >= 4 is 0 Å². The van der Waals surface area contributed by atoms with Gasteiger partial charge in [0.15, 0.2) is 0 Å². The van der Waals surface area contributed by atoms with Crippen LogP contribution < -0.4 is 0 Å². The molecule has 0 fully saturated rings. The van der Waals surface area contributed by atoms with Crippen LogP contribution >= 0.6 is 0 Å². The summed E-state index contributed by atoms with van der Waals surface area (Å²) < 4.78 is 4.04. The van der Waals surface area contributed by atoms with Crippen molar-refractivity contribution in [3.8, 4) is 0 Å². The van der Waals surface area contributed by atoms with Crippen LogP contribution in [0.5, 0.6) is 0 Å². The molecule has 2 heterocycles. The maximum Gasteiger partial charge on any atom is 0.137 e. The van der Waals surface area contributed by atoms with Crippen molar-refractivity contribution < 1.29 is 0 Å². The van der Waals surface area contributed by atoms with Crippen molar-refractivity contribution in [1.82, 2.24) is 24.3 Å². The number of hydrogen-bond acceptors (Lipinski definition) is 3. The van der Waals surface area contributed by atoms with Crippen LogP contribution in [0.1, 0.15) is 38.6 Å². The SMILES string of the molecule is CC(C)c1nccn1[C@@H](C)Cn1cncn1. The van der Waals surface area contributed by atoms with Crippen molar-refractivity contribution in [2.24, 2.45) is 0 Å². The number of rotatable bonds is 4. The van der Waals surface area contributed by atoms with Crippen molar-refractivity contribution in [3.05, 3.63) is 30.9 Å². The molecule has 0 saturated carbocycles. The zero-order valence-electron chi connectivity index (χ0n) is 9.91. The lowest BCUT2D eigenvalue weighted by atomic mass is 10.2. The molecule has 5 nitrogen and oxygen atoms in total. The molecule has 0 aliphatic heterocycles. The third-order valence-electron chi connectivity index (χ3n) is 2.61. The minimum absolute atomic E-state index is 0.335. The van der Waals surface area contributed by atoms with Crippen LogP contribution in [0.4, 0.5) is 0 Å². The quantitative estimate of drug-likeness (QED) is 0.788. The van der Waals surface area contributed by atoms with E-state index < -0.39 is 0 Å². The lowest BCUT2D eigenvalue weighted by molar-refractivity contribution is 0.420. The van der Waals surface area contributed by atoms with Gasteiger partial charge in [-0.05, 0) is 6.92 Å². The maximum atomic E-state index is 4.38. The third-order valence-corrected chi connectivity index (χ3v) is 2.61. The van der Waals surface area contributed by atoms with Gasteiger partial charge < -0.3 is 4.57 Å². The second-order valence-corrected chi connectivity index (χ2v) is 4.31. The fourth-order valence-electron chi connectivity index (χ4n) is 1.83. The first-order valence-electron chi connectivity index (χ1n) is 5.53. The molecule has 0 aliphatic carbocycles. The Balaban J connectivity index is 2.14. The highest BCUT2D eigenvalue weighted by Crippen LogP contribution is 2.17. The normalized spacial score (nSPS) is 13.2. The Labute approximate surface area is 95.1 Å². The summed E-state index contributed by atoms with van der Waals surface area (Å²) in [6.45, 7) is 7.29. The molecule has 0 bridgehead atoms. The van der Waals surface area contributed by atoms with Crippen LogP contribution in [-0.4, -0.2) is 24.3 Å². The summed E-state index contributed by atoms with van der Waals surface area (Å²) in [5.74, 6) is 1.56. The zero-order chi connectivity index (χ0) is 11.5. The smallest absolute Gasteiger partial charge is 0.137 e. The lowest BCUT2D eigenvalue weighted by Crippen LogP contribution is -2.16. The summed E-state index contributed by atoms with van der Waals surface area (Å²) in [4.78, 5) is 8.32. The summed E-state index contributed by atoms with van der Waals surface area (Å²) in [5.41, 5.74) is 0. The van der Waals surface area contributed by atoms with E-state index >= 15 is 0 Å². The van der Waals surface area contributed by atoms with E-state index in [1.165, 1.54) is 0 Å². The second kappa shape index (κ2) is 4.47. The minimum atomic E-state index is 0.335. The average molecular weight is 219 g/mol. The zero-order valence-corrected chi connectivity index (χ0v) is 9.91. The van der Waals surface area contributed by atoms with E-state index in [9.17, 15) is 0 Å². The van der Waals surface area contributed by atoms with Gasteiger partial charge in [0.1, 0.15) is 18.5 Å². The fourth-order valence-corrected chi connectivity index (χ4v) is 1.83. The number of hydrogen-bond donors (Lipinski definition) is 0. The molecule has 0 saturated heterocycles. The van der Waals surface area contributed by atoms with E-state index in [0.717, 1.165) is 12.4 Å². The number of aromatic nitrogens is 5. The van der Waals surface area contributed by atoms with Gasteiger partial charge in [-0.25, -0.2) is 9.97 Å². The van der Waals surface area contributed by atoms with Crippen molar-refractivity contribution in [2.75, 3.05) is 0 Å². The molecule has 2 rings (SSSR count). The maximum absolute atomic E-state index is 4.38. The highest BCUT2D eigenvalue weighted by atomic mass is 15.3. The van der Waals surface area contributed by atoms with Gasteiger partial charge in [-0.2, -0.15) is 5.10 Å². The van der Waals surface area contributed by atoms with Crippen molar-refractivity contribution in [2.45, 2.75) is 39.3 Å². The molecule has 0 aliphatic rings. The Bertz CT molecular complexity index is 429. The van der Waals surface area contributed by atoms with Crippen LogP contribution in [0.2, 0.25) is 0 Å². The van der Waals surface area contributed by atoms with Crippen LogP contribution in [0.15, 0.2) is 25.0 Å². The van der Waals surface area contributed by atoms with Crippen LogP contribution in [-0.2, 0) is 6.54 Å². The van der Waals surface area contributed by atoms with Gasteiger partial charge in [0, 0.05) is 18.3 Å². The lowest BCUT2D eigenvalue weighted by Gasteiger charge is -2.17. The molecule has 16 heavy (non-hydrogen) atoms. The molecule has 0 spiro atoms. The van der Waals surface area contributed by atoms with Gasteiger partial charge in [-0.1, -0.05) is 13.8 Å². The summed E-state index contributed by atoms with van der Waals surface area (Å²) in [6, 6.07) is 0.335. The molecule has 0 unspecified atom stereocenters. The highest BCUT2D eigenvalue weighted by Gasteiger charge is 2.13. The van der Waals surface area contributed by atoms with Gasteiger partial charge in [-0.3, -0.25) is 4.68 Å². The Kier molecular flexibility index (Phi) is 3.03. The Morgan fingerprint density at radius 1 is 1.31 bits per heavy atom. The monoisotopic (exact) mass is 219 g/mol. The van der Waals surface area contributed by atoms with Crippen molar-refractivity contribution in [3.63, 3.8) is 0 Å². The Morgan fingerprint density at radius 2 is 2.12 bits per heavy atom. The van der Waals surface area contributed by atoms with E-state index in [2.05, 4.69) is 40.4 Å². The first-order chi connectivity index (χ1) is 7.68. The molecular formula is C11H17N5. The van der Waals surface area contributed by atoms with E-state index in [-0.39, 0.29) is 0 Å². The first kappa shape index (κ1) is 10.9. The molecule has 0 aromatic carbocycles. The molecule has 1 atom stereocenters. The summed E-state index contributed by atoms with van der Waals surface area (Å²) >= 11 is 0. The minimum Gasteiger partial charge on any atom is -0.330 e. The van der Waals surface area contributed by atoms with Crippen LogP contribution in [0.25, 0.3) is 0 Å². The van der Waals surface area contributed by atoms with Gasteiger partial charge in [0.2, 0.25) is 0 Å². The van der Waals surface area contributed by atoms with Gasteiger partial charge in [0.25, 0.3) is 0 Å². The van der Waals surface area contributed by atoms with Crippen LogP contribution in [0, 0.1) is 0 Å². The first-order valence-corrected chi connectivity index (χ1v) is 5.53. The molecule has 2 aromatic heterocycles. The van der Waals surface area contributed by atoms with E-state index in [1.807, 2.05) is 17.1 Å². The Hall–Kier alpha value is -1.65. The standard InChI is InChI=1S/C11H17N5/c1-9(2)11-13-4-5-16(11)10(3)6-15-8-12-7-14-15/h4-5,7-10H,6H2,1-3H3/t10-/m0/s1. The molecule has 5 heteroatoms. The molecular weight excluding hydrogens is 202 g/mol. The van der Waals surface area contributed by atoms with Crippen molar-refractivity contribution in [1.29, 1.82) is 0 Å². The second-order valence-electron chi connectivity index (χ2n) is 4.31. The largest absolute Gasteiger partial charge is 0.330 e. The summed E-state index contributed by atoms with van der Waals surface area (Å²) in [7, 11) is 0. The van der Waals surface area contributed by atoms with Gasteiger partial charge in [-0.15, -0.1) is 0 Å². The van der Waals surface area contributed by atoms with E-state index in [1.54, 1.807) is 12.7 Å².